The molecule has 230 valence electrons. The Morgan fingerprint density at radius 3 is 1.41 bits per heavy atom. The Kier molecular flexibility index (Phi) is 9.36. The summed E-state index contributed by atoms with van der Waals surface area (Å²) in [6, 6.07) is 20.3. The van der Waals surface area contributed by atoms with Crippen LogP contribution in [0.25, 0.3) is 24.3 Å². The molecule has 2 aliphatic heterocycles. The van der Waals surface area contributed by atoms with Crippen molar-refractivity contribution in [2.24, 2.45) is 0 Å². The molecule has 9 nitrogen and oxygen atoms in total. The van der Waals surface area contributed by atoms with Gasteiger partial charge in [-0.25, -0.2) is 16.8 Å². The fraction of sp³-hybridized carbons (Fsp3) is 0.273. The van der Waals surface area contributed by atoms with Crippen LogP contribution in [0.1, 0.15) is 43.0 Å². The quantitative estimate of drug-likeness (QED) is 0.363. The van der Waals surface area contributed by atoms with Gasteiger partial charge >= 0.3 is 0 Å². The van der Waals surface area contributed by atoms with Crippen molar-refractivity contribution in [3.63, 3.8) is 0 Å². The Balaban J connectivity index is 1.19. The molecule has 0 radical (unpaired) electrons. The van der Waals surface area contributed by atoms with E-state index in [0.717, 1.165) is 22.3 Å². The monoisotopic (exact) mass is 634 g/mol. The fourth-order valence-corrected chi connectivity index (χ4v) is 7.42. The Morgan fingerprint density at radius 1 is 0.591 bits per heavy atom. The molecule has 0 aromatic heterocycles. The van der Waals surface area contributed by atoms with Gasteiger partial charge in [0.2, 0.25) is 0 Å². The molecule has 2 saturated heterocycles. The minimum atomic E-state index is -3.05. The van der Waals surface area contributed by atoms with Crippen LogP contribution in [0.2, 0.25) is 0 Å². The third kappa shape index (κ3) is 7.83. The number of rotatable bonds is 7. The summed E-state index contributed by atoms with van der Waals surface area (Å²) in [5.41, 5.74) is 4.69. The van der Waals surface area contributed by atoms with Gasteiger partial charge in [0, 0.05) is 42.9 Å². The van der Waals surface area contributed by atoms with Crippen LogP contribution in [0.5, 0.6) is 5.75 Å². The largest absolute Gasteiger partial charge is 0.496 e. The van der Waals surface area contributed by atoms with Crippen LogP contribution in [-0.2, 0) is 19.7 Å². The van der Waals surface area contributed by atoms with Crippen LogP contribution < -0.4 is 4.74 Å². The van der Waals surface area contributed by atoms with Crippen LogP contribution in [0.3, 0.4) is 0 Å². The lowest BCUT2D eigenvalue weighted by Crippen LogP contribution is -2.43. The van der Waals surface area contributed by atoms with Crippen molar-refractivity contribution >= 4 is 55.8 Å². The lowest BCUT2D eigenvalue weighted by molar-refractivity contribution is 0.0762. The fourth-order valence-electron chi connectivity index (χ4n) is 5.02. The highest BCUT2D eigenvalue weighted by Gasteiger charge is 2.26. The number of carbonyl (C=O) groups excluding carboxylic acids is 2. The second-order valence-corrected chi connectivity index (χ2v) is 15.4. The summed E-state index contributed by atoms with van der Waals surface area (Å²) in [7, 11) is -4.48. The van der Waals surface area contributed by atoms with E-state index < -0.39 is 19.7 Å². The molecule has 11 heteroatoms. The zero-order valence-electron chi connectivity index (χ0n) is 24.4. The predicted octanol–water partition coefficient (Wildman–Crippen LogP) is 3.78. The first-order chi connectivity index (χ1) is 21.0. The minimum Gasteiger partial charge on any atom is -0.496 e. The summed E-state index contributed by atoms with van der Waals surface area (Å²) in [5.74, 6) is 0.382. The van der Waals surface area contributed by atoms with Crippen molar-refractivity contribution in [3.05, 3.63) is 100 Å². The lowest BCUT2D eigenvalue weighted by Gasteiger charge is -2.26. The molecule has 2 amide bonds. The smallest absolute Gasteiger partial charge is 0.253 e. The van der Waals surface area contributed by atoms with E-state index in [4.69, 9.17) is 4.74 Å². The number of ether oxygens (including phenoxy) is 1. The van der Waals surface area contributed by atoms with Crippen molar-refractivity contribution in [3.8, 4) is 5.75 Å². The lowest BCUT2D eigenvalue weighted by atomic mass is 10.1. The zero-order chi connectivity index (χ0) is 31.3. The van der Waals surface area contributed by atoms with Crippen LogP contribution in [0.4, 0.5) is 0 Å². The third-order valence-corrected chi connectivity index (χ3v) is 11.0. The Morgan fingerprint density at radius 2 is 0.977 bits per heavy atom. The number of carbonyl (C=O) groups is 2. The number of hydrogen-bond donors (Lipinski definition) is 0. The van der Waals surface area contributed by atoms with Gasteiger partial charge < -0.3 is 14.5 Å². The van der Waals surface area contributed by atoms with E-state index in [2.05, 4.69) is 0 Å². The normalized spacial score (nSPS) is 18.0. The Hall–Kier alpha value is -4.22. The first-order valence-corrected chi connectivity index (χ1v) is 17.9. The molecule has 0 saturated carbocycles. The van der Waals surface area contributed by atoms with Crippen molar-refractivity contribution in [1.29, 1.82) is 0 Å². The third-order valence-electron chi connectivity index (χ3n) is 7.76. The van der Waals surface area contributed by atoms with E-state index in [0.29, 0.717) is 16.9 Å². The highest BCUT2D eigenvalue weighted by Crippen LogP contribution is 2.24. The number of amides is 2. The molecule has 5 rings (SSSR count). The van der Waals surface area contributed by atoms with E-state index in [9.17, 15) is 26.4 Å². The summed E-state index contributed by atoms with van der Waals surface area (Å²) in [5, 5.41) is 0. The maximum atomic E-state index is 12.7. The predicted molar refractivity (Wildman–Crippen MR) is 173 cm³/mol. The zero-order valence-corrected chi connectivity index (χ0v) is 26.0. The molecule has 3 aromatic rings. The van der Waals surface area contributed by atoms with Crippen LogP contribution in [0.15, 0.2) is 66.7 Å². The summed E-state index contributed by atoms with van der Waals surface area (Å²) in [6.07, 6.45) is 7.76. The molecule has 0 N–H and O–H groups in total. The molecule has 44 heavy (non-hydrogen) atoms. The van der Waals surface area contributed by atoms with Gasteiger partial charge in [-0.1, -0.05) is 60.7 Å². The van der Waals surface area contributed by atoms with E-state index >= 15 is 0 Å². The number of hydrogen-bond acceptors (Lipinski definition) is 7. The van der Waals surface area contributed by atoms with E-state index in [1.165, 1.54) is 0 Å². The van der Waals surface area contributed by atoms with E-state index in [1.807, 2.05) is 66.8 Å². The second kappa shape index (κ2) is 13.2. The number of methoxy groups -OCH3 is 1. The van der Waals surface area contributed by atoms with Gasteiger partial charge in [0.1, 0.15) is 5.75 Å². The Bertz CT molecular complexity index is 1780. The number of benzene rings is 3. The van der Waals surface area contributed by atoms with Crippen LogP contribution in [0, 0.1) is 0 Å². The SMILES string of the molecule is COc1cc(/C=C/c2ccc(C(=O)N3CCS(=O)(=O)CC3)cc2)ccc1/C=C/c1ccc(C(=O)N2CCS(=O)(=O)CC2)cc1. The number of sulfone groups is 2. The number of nitrogens with zero attached hydrogens (tertiary/aromatic N) is 2. The molecule has 0 spiro atoms. The summed E-state index contributed by atoms with van der Waals surface area (Å²) < 4.78 is 52.2. The van der Waals surface area contributed by atoms with Crippen molar-refractivity contribution < 1.29 is 31.2 Å². The summed E-state index contributed by atoms with van der Waals surface area (Å²) in [6.45, 7) is 0.882. The molecule has 0 aliphatic carbocycles. The van der Waals surface area contributed by atoms with Crippen molar-refractivity contribution in [1.82, 2.24) is 9.80 Å². The maximum Gasteiger partial charge on any atom is 0.253 e. The Labute approximate surface area is 258 Å². The van der Waals surface area contributed by atoms with Gasteiger partial charge in [0.05, 0.1) is 30.1 Å². The van der Waals surface area contributed by atoms with Gasteiger partial charge in [0.15, 0.2) is 19.7 Å². The molecule has 0 unspecified atom stereocenters. The minimum absolute atomic E-state index is 0.00271. The van der Waals surface area contributed by atoms with Gasteiger partial charge in [-0.05, 0) is 47.0 Å². The van der Waals surface area contributed by atoms with E-state index in [1.54, 1.807) is 41.2 Å². The van der Waals surface area contributed by atoms with Gasteiger partial charge in [0.25, 0.3) is 11.8 Å². The average molecular weight is 635 g/mol. The van der Waals surface area contributed by atoms with Gasteiger partial charge in [-0.15, -0.1) is 0 Å². The first kappa shape index (κ1) is 31.2. The molecular weight excluding hydrogens is 601 g/mol. The molecule has 0 bridgehead atoms. The van der Waals surface area contributed by atoms with Gasteiger partial charge in [-0.3, -0.25) is 9.59 Å². The molecule has 2 aliphatic rings. The van der Waals surface area contributed by atoms with Crippen molar-refractivity contribution in [2.75, 3.05) is 56.3 Å². The topological polar surface area (TPSA) is 118 Å². The maximum absolute atomic E-state index is 12.7. The molecule has 2 heterocycles. The molecular formula is C33H34N2O7S2. The summed E-state index contributed by atoms with van der Waals surface area (Å²) >= 11 is 0. The van der Waals surface area contributed by atoms with Crippen molar-refractivity contribution in [2.45, 2.75) is 0 Å². The first-order valence-electron chi connectivity index (χ1n) is 14.3. The highest BCUT2D eigenvalue weighted by molar-refractivity contribution is 7.91. The molecule has 0 atom stereocenters. The summed E-state index contributed by atoms with van der Waals surface area (Å²) in [4.78, 5) is 28.6. The van der Waals surface area contributed by atoms with Gasteiger partial charge in [-0.2, -0.15) is 0 Å². The molecule has 2 fully saturated rings. The standard InChI is InChI=1S/C33H34N2O7S2/c1-42-31-24-27(3-2-25-5-12-29(13-6-25)32(36)34-16-20-43(38,39)21-17-34)9-11-28(31)10-4-26-7-14-30(15-8-26)33(37)35-18-22-44(40,41)23-19-35/h2-15,24H,16-23H2,1H3/b3-2+,10-4+. The van der Waals surface area contributed by atoms with Crippen LogP contribution in [-0.4, -0.2) is 94.8 Å². The average Bonchev–Trinajstić information content (AvgIpc) is 3.03. The van der Waals surface area contributed by atoms with Crippen LogP contribution >= 0.6 is 0 Å². The highest BCUT2D eigenvalue weighted by atomic mass is 32.2. The second-order valence-electron chi connectivity index (χ2n) is 10.8. The molecule has 3 aromatic carbocycles. The van der Waals surface area contributed by atoms with E-state index in [-0.39, 0.29) is 61.0 Å².